The van der Waals surface area contributed by atoms with Crippen LogP contribution in [-0.2, 0) is 19.6 Å². The van der Waals surface area contributed by atoms with Crippen LogP contribution >= 0.6 is 0 Å². The van der Waals surface area contributed by atoms with Crippen molar-refractivity contribution in [3.05, 3.63) is 0 Å². The molecule has 2 fully saturated rings. The van der Waals surface area contributed by atoms with E-state index in [1.165, 1.54) is 25.7 Å². The second-order valence-corrected chi connectivity index (χ2v) is 10.3. The van der Waals surface area contributed by atoms with E-state index in [-0.39, 0.29) is 12.6 Å². The Morgan fingerprint density at radius 1 is 1.23 bits per heavy atom. The van der Waals surface area contributed by atoms with Crippen LogP contribution in [0.25, 0.3) is 0 Å². The first-order chi connectivity index (χ1) is 12.1. The topological polar surface area (TPSA) is 87.2 Å². The highest BCUT2D eigenvalue weighted by atomic mass is 32.2. The van der Waals surface area contributed by atoms with Gasteiger partial charge in [0.2, 0.25) is 10.0 Å². The first-order valence-corrected chi connectivity index (χ1v) is 11.5. The number of hydrogen-bond donors (Lipinski definition) is 1. The fourth-order valence-electron chi connectivity index (χ4n) is 4.50. The fourth-order valence-corrected chi connectivity index (χ4v) is 5.29. The van der Waals surface area contributed by atoms with Crippen molar-refractivity contribution in [2.75, 3.05) is 45.6 Å². The van der Waals surface area contributed by atoms with Gasteiger partial charge in [0, 0.05) is 19.6 Å². The van der Waals surface area contributed by atoms with Gasteiger partial charge in [0.25, 0.3) is 0 Å². The lowest BCUT2D eigenvalue weighted by atomic mass is 9.75. The third-order valence-corrected chi connectivity index (χ3v) is 6.76. The largest absolute Gasteiger partial charge is 0.480 e. The molecule has 3 atom stereocenters. The molecule has 0 amide bonds. The first-order valence-electron chi connectivity index (χ1n) is 9.64. The molecular formula is C18H34N2O5S. The Morgan fingerprint density at radius 2 is 1.88 bits per heavy atom. The number of hydrogen-bond acceptors (Lipinski definition) is 5. The average molecular weight is 391 g/mol. The molecule has 1 heterocycles. The molecule has 7 nitrogen and oxygen atoms in total. The van der Waals surface area contributed by atoms with E-state index in [4.69, 9.17) is 9.84 Å². The molecule has 0 aromatic carbocycles. The lowest BCUT2D eigenvalue weighted by Crippen LogP contribution is -2.49. The van der Waals surface area contributed by atoms with E-state index in [9.17, 15) is 13.2 Å². The second kappa shape index (κ2) is 9.48. The molecule has 1 N–H and O–H groups in total. The van der Waals surface area contributed by atoms with Crippen molar-refractivity contribution in [3.8, 4) is 0 Å². The van der Waals surface area contributed by atoms with Gasteiger partial charge in [-0.05, 0) is 50.0 Å². The van der Waals surface area contributed by atoms with E-state index in [1.807, 2.05) is 0 Å². The zero-order valence-electron chi connectivity index (χ0n) is 16.3. The van der Waals surface area contributed by atoms with Crippen molar-refractivity contribution in [3.63, 3.8) is 0 Å². The molecule has 0 bridgehead atoms. The average Bonchev–Trinajstić information content (AvgIpc) is 2.50. The molecule has 152 valence electrons. The molecule has 1 aliphatic heterocycles. The molecule has 0 radical (unpaired) electrons. The van der Waals surface area contributed by atoms with Gasteiger partial charge < -0.3 is 9.84 Å². The minimum atomic E-state index is -3.56. The van der Waals surface area contributed by atoms with E-state index in [0.29, 0.717) is 13.2 Å². The van der Waals surface area contributed by atoms with Gasteiger partial charge >= 0.3 is 5.97 Å². The monoisotopic (exact) mass is 390 g/mol. The molecule has 0 aromatic heterocycles. The normalized spacial score (nSPS) is 31.2. The van der Waals surface area contributed by atoms with Gasteiger partial charge in [-0.2, -0.15) is 4.31 Å². The number of nitrogens with zero attached hydrogens (tertiary/aromatic N) is 2. The molecular weight excluding hydrogens is 356 g/mol. The van der Waals surface area contributed by atoms with Crippen LogP contribution in [0.3, 0.4) is 0 Å². The van der Waals surface area contributed by atoms with Gasteiger partial charge in [-0.3, -0.25) is 9.69 Å². The van der Waals surface area contributed by atoms with Crippen molar-refractivity contribution in [1.82, 2.24) is 9.21 Å². The van der Waals surface area contributed by atoms with Crippen LogP contribution in [0, 0.1) is 17.8 Å². The highest BCUT2D eigenvalue weighted by Crippen LogP contribution is 2.34. The lowest BCUT2D eigenvalue weighted by Gasteiger charge is -2.37. The van der Waals surface area contributed by atoms with Crippen LogP contribution in [0.5, 0.6) is 0 Å². The van der Waals surface area contributed by atoms with Crippen molar-refractivity contribution in [2.45, 2.75) is 45.6 Å². The van der Waals surface area contributed by atoms with E-state index in [1.54, 1.807) is 0 Å². The SMILES string of the molecule is CC1CC(C)CC(CCN2CCOC(CN(CC(=O)O)S(C)(=O)=O)C2)C1. The zero-order chi connectivity index (χ0) is 19.3. The van der Waals surface area contributed by atoms with Crippen LogP contribution in [0.15, 0.2) is 0 Å². The number of carboxylic acids is 1. The summed E-state index contributed by atoms with van der Waals surface area (Å²) in [5, 5.41) is 8.94. The number of rotatable bonds is 8. The third kappa shape index (κ3) is 7.13. The lowest BCUT2D eigenvalue weighted by molar-refractivity contribution is -0.137. The van der Waals surface area contributed by atoms with Gasteiger partial charge in [0.05, 0.1) is 19.0 Å². The summed E-state index contributed by atoms with van der Waals surface area (Å²) >= 11 is 0. The summed E-state index contributed by atoms with van der Waals surface area (Å²) in [5.41, 5.74) is 0. The zero-order valence-corrected chi connectivity index (χ0v) is 17.1. The van der Waals surface area contributed by atoms with Crippen molar-refractivity contribution in [2.24, 2.45) is 17.8 Å². The van der Waals surface area contributed by atoms with Gasteiger partial charge in [0.15, 0.2) is 0 Å². The third-order valence-electron chi connectivity index (χ3n) is 5.54. The second-order valence-electron chi connectivity index (χ2n) is 8.31. The molecule has 0 spiro atoms. The molecule has 0 aromatic rings. The maximum atomic E-state index is 11.8. The quantitative estimate of drug-likeness (QED) is 0.676. The Labute approximate surface area is 157 Å². The van der Waals surface area contributed by atoms with E-state index >= 15 is 0 Å². The Kier molecular flexibility index (Phi) is 7.88. The van der Waals surface area contributed by atoms with Crippen LogP contribution in [-0.4, -0.2) is 80.4 Å². The van der Waals surface area contributed by atoms with Gasteiger partial charge in [-0.25, -0.2) is 8.42 Å². The fraction of sp³-hybridized carbons (Fsp3) is 0.944. The Morgan fingerprint density at radius 3 is 2.46 bits per heavy atom. The number of morpholine rings is 1. The van der Waals surface area contributed by atoms with Crippen molar-refractivity contribution < 1.29 is 23.1 Å². The maximum absolute atomic E-state index is 11.8. The van der Waals surface area contributed by atoms with Crippen LogP contribution in [0.4, 0.5) is 0 Å². The Bertz CT molecular complexity index is 558. The predicted octanol–water partition coefficient (Wildman–Crippen LogP) is 1.50. The van der Waals surface area contributed by atoms with Crippen LogP contribution in [0.1, 0.15) is 39.5 Å². The highest BCUT2D eigenvalue weighted by molar-refractivity contribution is 7.88. The highest BCUT2D eigenvalue weighted by Gasteiger charge is 2.29. The predicted molar refractivity (Wildman–Crippen MR) is 101 cm³/mol. The summed E-state index contributed by atoms with van der Waals surface area (Å²) in [5.74, 6) is 1.24. The Balaban J connectivity index is 1.83. The smallest absolute Gasteiger partial charge is 0.318 e. The summed E-state index contributed by atoms with van der Waals surface area (Å²) in [6, 6.07) is 0. The molecule has 26 heavy (non-hydrogen) atoms. The van der Waals surface area contributed by atoms with E-state index < -0.39 is 22.5 Å². The minimum absolute atomic E-state index is 0.0964. The molecule has 2 rings (SSSR count). The van der Waals surface area contributed by atoms with Crippen LogP contribution in [0.2, 0.25) is 0 Å². The summed E-state index contributed by atoms with van der Waals surface area (Å²) in [7, 11) is -3.56. The summed E-state index contributed by atoms with van der Waals surface area (Å²) in [4.78, 5) is 13.3. The summed E-state index contributed by atoms with van der Waals surface area (Å²) in [6.45, 7) is 7.34. The first kappa shape index (κ1) is 21.6. The van der Waals surface area contributed by atoms with Gasteiger partial charge in [-0.15, -0.1) is 0 Å². The maximum Gasteiger partial charge on any atom is 0.318 e. The van der Waals surface area contributed by atoms with Crippen molar-refractivity contribution >= 4 is 16.0 Å². The number of carboxylic acid groups (broad SMARTS) is 1. The van der Waals surface area contributed by atoms with E-state index in [2.05, 4.69) is 18.7 Å². The molecule has 1 saturated heterocycles. The minimum Gasteiger partial charge on any atom is -0.480 e. The Hall–Kier alpha value is -0.700. The number of aliphatic carboxylic acids is 1. The summed E-state index contributed by atoms with van der Waals surface area (Å²) in [6.07, 6.45) is 5.88. The molecule has 1 aliphatic carbocycles. The molecule has 2 aliphatic rings. The summed E-state index contributed by atoms with van der Waals surface area (Å²) < 4.78 is 30.3. The molecule has 1 saturated carbocycles. The number of ether oxygens (including phenoxy) is 1. The van der Waals surface area contributed by atoms with Gasteiger partial charge in [-0.1, -0.05) is 13.8 Å². The van der Waals surface area contributed by atoms with Gasteiger partial charge in [0.1, 0.15) is 6.54 Å². The van der Waals surface area contributed by atoms with Crippen LogP contribution < -0.4 is 0 Å². The van der Waals surface area contributed by atoms with Crippen molar-refractivity contribution in [1.29, 1.82) is 0 Å². The number of sulfonamides is 1. The van der Waals surface area contributed by atoms with E-state index in [0.717, 1.165) is 41.4 Å². The standard InChI is InChI=1S/C18H34N2O5S/c1-14-8-15(2)10-16(9-14)4-5-19-6-7-25-17(11-19)12-20(13-18(21)22)26(3,23)24/h14-17H,4-13H2,1-3H3,(H,21,22). The molecule has 8 heteroatoms. The molecule has 3 unspecified atom stereocenters. The number of carbonyl (C=O) groups is 1.